The van der Waals surface area contributed by atoms with Crippen molar-refractivity contribution >= 4 is 33.8 Å². The van der Waals surface area contributed by atoms with E-state index in [0.717, 1.165) is 27.9 Å². The highest BCUT2D eigenvalue weighted by Crippen LogP contribution is 2.50. The van der Waals surface area contributed by atoms with Gasteiger partial charge in [0, 0.05) is 34.5 Å². The molecule has 8 rings (SSSR count). The molecule has 1 aliphatic rings. The van der Waals surface area contributed by atoms with E-state index >= 15 is 0 Å². The maximum atomic E-state index is 14.3. The van der Waals surface area contributed by atoms with Gasteiger partial charge in [-0.15, -0.1) is 0 Å². The number of aromatic nitrogens is 1. The first kappa shape index (κ1) is 39.8. The highest BCUT2D eigenvalue weighted by molar-refractivity contribution is 6.17. The molecule has 5 aromatic carbocycles. The highest BCUT2D eigenvalue weighted by Gasteiger charge is 2.32. The van der Waals surface area contributed by atoms with Crippen molar-refractivity contribution in [1.82, 2.24) is 4.57 Å². The van der Waals surface area contributed by atoms with Gasteiger partial charge in [-0.05, 0) is 71.8 Å². The molecule has 0 spiro atoms. The van der Waals surface area contributed by atoms with Gasteiger partial charge in [0.1, 0.15) is 11.1 Å². The summed E-state index contributed by atoms with van der Waals surface area (Å²) < 4.78 is 43.0. The summed E-state index contributed by atoms with van der Waals surface area (Å²) in [6.07, 6.45) is 1.60. The maximum absolute atomic E-state index is 14.3. The average Bonchev–Trinajstić information content (AvgIpc) is 3.63. The summed E-state index contributed by atoms with van der Waals surface area (Å²) in [4.78, 5) is 41.1. The number of aryl methyl sites for hydroxylation is 2. The van der Waals surface area contributed by atoms with Crippen LogP contribution in [0.1, 0.15) is 30.5 Å². The second-order valence-corrected chi connectivity index (χ2v) is 15.0. The molecule has 11 heteroatoms. The first-order chi connectivity index (χ1) is 29.1. The van der Waals surface area contributed by atoms with Gasteiger partial charge in [0.25, 0.3) is 0 Å². The van der Waals surface area contributed by atoms with Gasteiger partial charge in [-0.2, -0.15) is 0 Å². The second-order valence-electron chi connectivity index (χ2n) is 15.0. The number of rotatable bonds is 13. The zero-order chi connectivity index (χ0) is 42.1. The van der Waals surface area contributed by atoms with Crippen LogP contribution in [0.15, 0.2) is 112 Å². The van der Waals surface area contributed by atoms with E-state index < -0.39 is 29.4 Å². The zero-order valence-corrected chi connectivity index (χ0v) is 34.3. The number of carbonyl (C=O) groups is 2. The number of hydrogen-bond donors (Lipinski definition) is 0. The summed E-state index contributed by atoms with van der Waals surface area (Å²) in [6, 6.07) is 32.0. The summed E-state index contributed by atoms with van der Waals surface area (Å²) >= 11 is 0. The molecular formula is C49H45NO10. The van der Waals surface area contributed by atoms with E-state index in [1.54, 1.807) is 39.3 Å². The lowest BCUT2D eigenvalue weighted by molar-refractivity contribution is -0.139. The van der Waals surface area contributed by atoms with Crippen LogP contribution in [0, 0.1) is 11.8 Å². The number of fused-ring (bicyclic) bond motifs is 7. The van der Waals surface area contributed by atoms with Crippen LogP contribution in [0.5, 0.6) is 34.5 Å². The van der Waals surface area contributed by atoms with Crippen LogP contribution < -0.4 is 34.0 Å². The molecule has 1 aliphatic heterocycles. The quantitative estimate of drug-likeness (QED) is 0.0633. The van der Waals surface area contributed by atoms with Crippen LogP contribution in [0.3, 0.4) is 0 Å². The monoisotopic (exact) mass is 807 g/mol. The topological polar surface area (TPSA) is 125 Å². The van der Waals surface area contributed by atoms with Crippen molar-refractivity contribution in [3.63, 3.8) is 0 Å². The van der Waals surface area contributed by atoms with Crippen LogP contribution in [-0.4, -0.2) is 44.9 Å². The van der Waals surface area contributed by atoms with Gasteiger partial charge in [0.05, 0.1) is 46.0 Å². The fraction of sp³-hybridized carbons (Fsp3) is 0.245. The third-order valence-electron chi connectivity index (χ3n) is 11.1. The molecule has 0 aliphatic carbocycles. The van der Waals surface area contributed by atoms with E-state index in [4.69, 9.17) is 32.8 Å². The van der Waals surface area contributed by atoms with Crippen LogP contribution >= 0.6 is 0 Å². The molecule has 0 N–H and O–H groups in total. The Balaban J connectivity index is 1.28. The Bertz CT molecular complexity index is 2810. The lowest BCUT2D eigenvalue weighted by atomic mass is 9.91. The third-order valence-corrected chi connectivity index (χ3v) is 11.1. The molecule has 0 fully saturated rings. The minimum absolute atomic E-state index is 0.124. The molecule has 11 nitrogen and oxygen atoms in total. The standard InChI is InChI=1S/C49H45NO10/c1-28(21-30-13-9-7-10-14-30)47(51)58-36-18-17-33(24-38(36)54-3)43-44-35-26-41(57-6)42(60-48(52)29(2)22-31-15-11-8-12-16-31)27-37(35)59-49(53)46(44)50-20-19-32-23-39(55-4)40(56-5)25-34(32)45(43)50/h7-18,23-29H,19-22H2,1-6H3/t28-,29-/m0/s1. The molecule has 2 aromatic heterocycles. The van der Waals surface area contributed by atoms with E-state index in [1.165, 1.54) is 20.3 Å². The predicted octanol–water partition coefficient (Wildman–Crippen LogP) is 9.24. The second kappa shape index (κ2) is 16.7. The summed E-state index contributed by atoms with van der Waals surface area (Å²) in [7, 11) is 6.19. The van der Waals surface area contributed by atoms with Crippen molar-refractivity contribution in [2.24, 2.45) is 11.8 Å². The lowest BCUT2D eigenvalue weighted by Crippen LogP contribution is -2.20. The van der Waals surface area contributed by atoms with E-state index in [2.05, 4.69) is 0 Å². The van der Waals surface area contributed by atoms with E-state index in [1.807, 2.05) is 90.4 Å². The summed E-state index contributed by atoms with van der Waals surface area (Å²) in [5.41, 5.74) is 5.98. The molecule has 0 bridgehead atoms. The van der Waals surface area contributed by atoms with Crippen LogP contribution in [0.2, 0.25) is 0 Å². The molecule has 0 amide bonds. The molecule has 0 saturated carbocycles. The predicted molar refractivity (Wildman–Crippen MR) is 229 cm³/mol. The van der Waals surface area contributed by atoms with Crippen molar-refractivity contribution in [2.45, 2.75) is 39.7 Å². The molecule has 2 atom stereocenters. The van der Waals surface area contributed by atoms with Crippen LogP contribution in [-0.2, 0) is 35.4 Å². The van der Waals surface area contributed by atoms with Crippen molar-refractivity contribution in [3.05, 3.63) is 130 Å². The minimum Gasteiger partial charge on any atom is -0.493 e. The molecule has 0 saturated heterocycles. The Morgan fingerprint density at radius 3 is 1.80 bits per heavy atom. The first-order valence-corrected chi connectivity index (χ1v) is 19.8. The average molecular weight is 808 g/mol. The largest absolute Gasteiger partial charge is 0.493 e. The van der Waals surface area contributed by atoms with Crippen LogP contribution in [0.25, 0.3) is 44.3 Å². The fourth-order valence-electron chi connectivity index (χ4n) is 8.09. The molecule has 306 valence electrons. The Morgan fingerprint density at radius 1 is 0.650 bits per heavy atom. The fourth-order valence-corrected chi connectivity index (χ4v) is 8.09. The smallest absolute Gasteiger partial charge is 0.361 e. The van der Waals surface area contributed by atoms with E-state index in [0.29, 0.717) is 70.5 Å². The van der Waals surface area contributed by atoms with E-state index in [-0.39, 0.29) is 22.8 Å². The molecule has 60 heavy (non-hydrogen) atoms. The van der Waals surface area contributed by atoms with Gasteiger partial charge in [-0.25, -0.2) is 4.79 Å². The molecule has 3 heterocycles. The van der Waals surface area contributed by atoms with Gasteiger partial charge in [-0.1, -0.05) is 80.6 Å². The number of esters is 2. The third kappa shape index (κ3) is 7.43. The molecule has 7 aromatic rings. The lowest BCUT2D eigenvalue weighted by Gasteiger charge is -2.23. The van der Waals surface area contributed by atoms with Gasteiger partial charge in [0.15, 0.2) is 34.5 Å². The Kier molecular flexibility index (Phi) is 11.1. The Labute approximate surface area is 347 Å². The molecule has 0 radical (unpaired) electrons. The zero-order valence-electron chi connectivity index (χ0n) is 34.3. The number of nitrogens with zero attached hydrogens (tertiary/aromatic N) is 1. The summed E-state index contributed by atoms with van der Waals surface area (Å²) in [5.74, 6) is 0.373. The SMILES string of the molecule is COc1cc2c(cc1OC)-c1c(-c3ccc(OC(=O)[C@@H](C)Cc4ccccc4)c(OC)c3)c3c4cc(OC)c(OC(=O)[C@@H](C)Cc5ccccc5)cc4oc(=O)c3n1CC2. The van der Waals surface area contributed by atoms with Crippen LogP contribution in [0.4, 0.5) is 0 Å². The first-order valence-electron chi connectivity index (χ1n) is 19.8. The van der Waals surface area contributed by atoms with Gasteiger partial charge < -0.3 is 37.4 Å². The highest BCUT2D eigenvalue weighted by atomic mass is 16.6. The summed E-state index contributed by atoms with van der Waals surface area (Å²) in [5, 5.41) is 1.15. The normalized spacial score (nSPS) is 12.9. The molecular weight excluding hydrogens is 763 g/mol. The van der Waals surface area contributed by atoms with Crippen molar-refractivity contribution < 1.29 is 42.4 Å². The Hall–Kier alpha value is -7.01. The maximum Gasteiger partial charge on any atom is 0.361 e. The number of ether oxygens (including phenoxy) is 6. The number of benzene rings is 5. The number of carbonyl (C=O) groups excluding carboxylic acids is 2. The minimum atomic E-state index is -0.571. The van der Waals surface area contributed by atoms with Gasteiger partial charge in [-0.3, -0.25) is 9.59 Å². The van der Waals surface area contributed by atoms with Crippen molar-refractivity contribution in [2.75, 3.05) is 28.4 Å². The number of methoxy groups -OCH3 is 4. The molecule has 0 unspecified atom stereocenters. The van der Waals surface area contributed by atoms with E-state index in [9.17, 15) is 14.4 Å². The number of hydrogen-bond acceptors (Lipinski definition) is 10. The van der Waals surface area contributed by atoms with Gasteiger partial charge >= 0.3 is 17.6 Å². The van der Waals surface area contributed by atoms with Crippen molar-refractivity contribution in [3.8, 4) is 56.9 Å². The van der Waals surface area contributed by atoms with Gasteiger partial charge in [0.2, 0.25) is 0 Å². The summed E-state index contributed by atoms with van der Waals surface area (Å²) in [6.45, 7) is 4.10. The Morgan fingerprint density at radius 2 is 1.20 bits per heavy atom. The van der Waals surface area contributed by atoms with Crippen molar-refractivity contribution in [1.29, 1.82) is 0 Å².